The molecule has 3 aromatic heterocycles. The summed E-state index contributed by atoms with van der Waals surface area (Å²) in [6.07, 6.45) is 6.86. The summed E-state index contributed by atoms with van der Waals surface area (Å²) in [6, 6.07) is 0.655. The molecular weight excluding hydrogens is 533 g/mol. The van der Waals surface area contributed by atoms with E-state index in [0.29, 0.717) is 35.5 Å². The minimum Gasteiger partial charge on any atom is -0.452 e. The van der Waals surface area contributed by atoms with E-state index in [-0.39, 0.29) is 34.0 Å². The molecular formula is C26H28ClF3N8O. The highest BCUT2D eigenvalue weighted by molar-refractivity contribution is 6.36. The van der Waals surface area contributed by atoms with Crippen molar-refractivity contribution < 1.29 is 17.9 Å². The SMILES string of the molecule is C=C/C(Oc1cnc2nc(Nc3cc(C(F)(F)F)n(C4CC(C)(CNC)C4)n3)n(C)c2c1Cl)=C1/C=CC=CN1. The minimum absolute atomic E-state index is 0.0254. The zero-order valence-corrected chi connectivity index (χ0v) is 22.4. The van der Waals surface area contributed by atoms with Crippen LogP contribution in [0.1, 0.15) is 31.5 Å². The molecule has 4 heterocycles. The molecule has 5 rings (SSSR count). The number of rotatable bonds is 8. The monoisotopic (exact) mass is 560 g/mol. The number of aryl methyl sites for hydroxylation is 1. The van der Waals surface area contributed by atoms with Gasteiger partial charge in [0.2, 0.25) is 5.95 Å². The van der Waals surface area contributed by atoms with Crippen LogP contribution in [0.5, 0.6) is 5.75 Å². The van der Waals surface area contributed by atoms with Gasteiger partial charge in [0.1, 0.15) is 22.0 Å². The quantitative estimate of drug-likeness (QED) is 0.309. The van der Waals surface area contributed by atoms with Gasteiger partial charge in [-0.2, -0.15) is 23.3 Å². The molecule has 13 heteroatoms. The number of imidazole rings is 1. The summed E-state index contributed by atoms with van der Waals surface area (Å²) in [5.41, 5.74) is 0.542. The zero-order chi connectivity index (χ0) is 27.9. The van der Waals surface area contributed by atoms with Crippen LogP contribution >= 0.6 is 11.6 Å². The van der Waals surface area contributed by atoms with Crippen molar-refractivity contribution in [3.63, 3.8) is 0 Å². The number of fused-ring (bicyclic) bond motifs is 1. The van der Waals surface area contributed by atoms with Gasteiger partial charge >= 0.3 is 6.18 Å². The lowest BCUT2D eigenvalue weighted by molar-refractivity contribution is -0.147. The number of ether oxygens (including phenoxy) is 1. The molecule has 0 atom stereocenters. The van der Waals surface area contributed by atoms with Crippen LogP contribution in [0.3, 0.4) is 0 Å². The fourth-order valence-electron chi connectivity index (χ4n) is 5.05. The summed E-state index contributed by atoms with van der Waals surface area (Å²) in [7, 11) is 3.51. The maximum absolute atomic E-state index is 13.9. The average Bonchev–Trinajstić information content (AvgIpc) is 3.44. The van der Waals surface area contributed by atoms with Crippen LogP contribution in [0, 0.1) is 5.41 Å². The molecule has 3 N–H and O–H groups in total. The number of alkyl halides is 3. The van der Waals surface area contributed by atoms with E-state index in [4.69, 9.17) is 16.3 Å². The lowest BCUT2D eigenvalue weighted by atomic mass is 9.67. The molecule has 1 aliphatic carbocycles. The third-order valence-corrected chi connectivity index (χ3v) is 7.22. The molecule has 1 fully saturated rings. The molecule has 3 aromatic rings. The van der Waals surface area contributed by atoms with Crippen LogP contribution in [0.15, 0.2) is 60.8 Å². The highest BCUT2D eigenvalue weighted by atomic mass is 35.5. The zero-order valence-electron chi connectivity index (χ0n) is 21.6. The number of halogens is 4. The van der Waals surface area contributed by atoms with E-state index in [1.54, 1.807) is 23.9 Å². The number of hydrogen-bond donors (Lipinski definition) is 3. The molecule has 0 spiro atoms. The molecule has 206 valence electrons. The number of hydrogen-bond acceptors (Lipinski definition) is 7. The van der Waals surface area contributed by atoms with Gasteiger partial charge in [-0.1, -0.05) is 31.2 Å². The highest BCUT2D eigenvalue weighted by Crippen LogP contribution is 2.49. The summed E-state index contributed by atoms with van der Waals surface area (Å²) >= 11 is 6.68. The Balaban J connectivity index is 1.43. The Bertz CT molecular complexity index is 1510. The van der Waals surface area contributed by atoms with Crippen molar-refractivity contribution in [3.05, 3.63) is 71.5 Å². The number of pyridine rings is 1. The first kappa shape index (κ1) is 26.8. The van der Waals surface area contributed by atoms with Crippen molar-refractivity contribution in [1.29, 1.82) is 0 Å². The number of aromatic nitrogens is 5. The van der Waals surface area contributed by atoms with Gasteiger partial charge in [0.15, 0.2) is 17.2 Å². The van der Waals surface area contributed by atoms with E-state index in [0.717, 1.165) is 17.3 Å². The van der Waals surface area contributed by atoms with E-state index in [1.165, 1.54) is 6.20 Å². The third-order valence-electron chi connectivity index (χ3n) is 6.86. The summed E-state index contributed by atoms with van der Waals surface area (Å²) < 4.78 is 50.3. The summed E-state index contributed by atoms with van der Waals surface area (Å²) in [5, 5.41) is 13.6. The van der Waals surface area contributed by atoms with E-state index in [2.05, 4.69) is 44.5 Å². The Labute approximate surface area is 228 Å². The first-order valence-corrected chi connectivity index (χ1v) is 12.6. The van der Waals surface area contributed by atoms with Gasteiger partial charge < -0.3 is 25.3 Å². The summed E-state index contributed by atoms with van der Waals surface area (Å²) in [4.78, 5) is 8.76. The predicted molar refractivity (Wildman–Crippen MR) is 144 cm³/mol. The van der Waals surface area contributed by atoms with Crippen LogP contribution in [-0.2, 0) is 13.2 Å². The van der Waals surface area contributed by atoms with Crippen molar-refractivity contribution in [2.75, 3.05) is 18.9 Å². The Hall–Kier alpha value is -3.77. The fourth-order valence-corrected chi connectivity index (χ4v) is 5.35. The Morgan fingerprint density at radius 1 is 1.36 bits per heavy atom. The second-order valence-corrected chi connectivity index (χ2v) is 10.3. The van der Waals surface area contributed by atoms with Crippen molar-refractivity contribution in [1.82, 2.24) is 34.9 Å². The van der Waals surface area contributed by atoms with Crippen LogP contribution in [0.4, 0.5) is 24.9 Å². The smallest absolute Gasteiger partial charge is 0.433 e. The van der Waals surface area contributed by atoms with E-state index < -0.39 is 11.9 Å². The Morgan fingerprint density at radius 3 is 2.77 bits per heavy atom. The number of nitrogens with zero attached hydrogens (tertiary/aromatic N) is 5. The van der Waals surface area contributed by atoms with Gasteiger partial charge in [0.25, 0.3) is 0 Å². The topological polar surface area (TPSA) is 93.8 Å². The standard InChI is InChI=1S/C26H28ClF3N8O/c1-5-17(16-8-6-7-9-32-16)39-18-13-33-23-22(21(18)27)37(4)24(35-23)34-20-10-19(26(28,29)30)38(36-20)15-11-25(2,12-15)14-31-3/h5-10,13,15,31-32H,1,11-12,14H2,2-4H3,(H,33,34,35,36)/b17-16+. The Kier molecular flexibility index (Phi) is 6.93. The maximum Gasteiger partial charge on any atom is 0.433 e. The van der Waals surface area contributed by atoms with Gasteiger partial charge in [0.05, 0.1) is 17.9 Å². The molecule has 0 radical (unpaired) electrons. The average molecular weight is 561 g/mol. The van der Waals surface area contributed by atoms with E-state index >= 15 is 0 Å². The van der Waals surface area contributed by atoms with Crippen LogP contribution in [-0.4, -0.2) is 37.9 Å². The molecule has 0 bridgehead atoms. The van der Waals surface area contributed by atoms with Crippen molar-refractivity contribution >= 4 is 34.5 Å². The summed E-state index contributed by atoms with van der Waals surface area (Å²) in [6.45, 7) is 6.58. The highest BCUT2D eigenvalue weighted by Gasteiger charge is 2.45. The first-order valence-electron chi connectivity index (χ1n) is 12.3. The normalized spacial score (nSPS) is 22.0. The molecule has 0 saturated heterocycles. The molecule has 9 nitrogen and oxygen atoms in total. The van der Waals surface area contributed by atoms with Gasteiger partial charge in [-0.25, -0.2) is 4.98 Å². The second-order valence-electron chi connectivity index (χ2n) is 9.93. The second kappa shape index (κ2) is 10.1. The van der Waals surface area contributed by atoms with Crippen LogP contribution in [0.25, 0.3) is 11.2 Å². The van der Waals surface area contributed by atoms with Crippen LogP contribution < -0.4 is 20.7 Å². The molecule has 0 aromatic carbocycles. The molecule has 1 aliphatic heterocycles. The molecule has 0 unspecified atom stereocenters. The fraction of sp³-hybridized carbons (Fsp3) is 0.346. The maximum atomic E-state index is 13.9. The van der Waals surface area contributed by atoms with Gasteiger partial charge in [-0.3, -0.25) is 4.68 Å². The number of allylic oxidation sites excluding steroid dienone is 4. The third kappa shape index (κ3) is 5.13. The predicted octanol–water partition coefficient (Wildman–Crippen LogP) is 5.59. The lowest BCUT2D eigenvalue weighted by Gasteiger charge is -2.45. The Morgan fingerprint density at radius 2 is 2.13 bits per heavy atom. The van der Waals surface area contributed by atoms with Crippen molar-refractivity contribution in [2.24, 2.45) is 12.5 Å². The molecule has 0 amide bonds. The molecule has 1 saturated carbocycles. The van der Waals surface area contributed by atoms with Crippen molar-refractivity contribution in [3.8, 4) is 5.75 Å². The first-order chi connectivity index (χ1) is 18.5. The molecule has 2 aliphatic rings. The molecule has 39 heavy (non-hydrogen) atoms. The number of anilines is 2. The van der Waals surface area contributed by atoms with E-state index in [1.807, 2.05) is 25.3 Å². The van der Waals surface area contributed by atoms with Crippen molar-refractivity contribution in [2.45, 2.75) is 32.0 Å². The lowest BCUT2D eigenvalue weighted by Crippen LogP contribution is -2.43. The minimum atomic E-state index is -4.55. The van der Waals surface area contributed by atoms with Gasteiger partial charge in [0, 0.05) is 25.9 Å². The number of nitrogens with one attached hydrogen (secondary N) is 3. The summed E-state index contributed by atoms with van der Waals surface area (Å²) in [5.74, 6) is 0.959. The van der Waals surface area contributed by atoms with Crippen LogP contribution in [0.2, 0.25) is 5.02 Å². The van der Waals surface area contributed by atoms with E-state index in [9.17, 15) is 13.2 Å². The number of dihydropyridines is 1. The van der Waals surface area contributed by atoms with Gasteiger partial charge in [-0.05, 0) is 43.5 Å². The van der Waals surface area contributed by atoms with Gasteiger partial charge in [-0.15, -0.1) is 0 Å². The largest absolute Gasteiger partial charge is 0.452 e.